The Labute approximate surface area is 105 Å². The Balaban J connectivity index is 1.69. The first-order valence-electron chi connectivity index (χ1n) is 5.87. The van der Waals surface area contributed by atoms with Crippen molar-refractivity contribution in [2.75, 3.05) is 13.2 Å². The van der Waals surface area contributed by atoms with E-state index in [1.54, 1.807) is 0 Å². The molecule has 92 valence electrons. The van der Waals surface area contributed by atoms with Crippen molar-refractivity contribution in [2.45, 2.75) is 6.10 Å². The molecule has 1 amide bonds. The number of fused-ring (bicyclic) bond motifs is 1. The van der Waals surface area contributed by atoms with E-state index in [9.17, 15) is 4.79 Å². The van der Waals surface area contributed by atoms with Crippen molar-refractivity contribution in [3.63, 3.8) is 0 Å². The fourth-order valence-electron chi connectivity index (χ4n) is 1.97. The molecule has 0 aromatic heterocycles. The Bertz CT molecular complexity index is 582. The summed E-state index contributed by atoms with van der Waals surface area (Å²) in [6, 6.07) is 14.0. The van der Waals surface area contributed by atoms with Crippen LogP contribution >= 0.6 is 0 Å². The highest BCUT2D eigenvalue weighted by molar-refractivity contribution is 5.83. The molecular formula is C14H13NO3. The van der Waals surface area contributed by atoms with Gasteiger partial charge in [0.05, 0.1) is 6.54 Å². The van der Waals surface area contributed by atoms with Crippen LogP contribution in [0.2, 0.25) is 0 Å². The van der Waals surface area contributed by atoms with E-state index in [1.807, 2.05) is 36.4 Å². The second-order valence-corrected chi connectivity index (χ2v) is 4.23. The van der Waals surface area contributed by atoms with E-state index in [4.69, 9.17) is 9.47 Å². The number of carbonyl (C=O) groups is 1. The molecule has 0 saturated carbocycles. The maximum Gasteiger partial charge on any atom is 0.407 e. The number of rotatable bonds is 3. The minimum atomic E-state index is -0.373. The standard InChI is InChI=1S/C14H13NO3/c16-14-15-8-13(18-14)9-17-12-6-5-10-3-1-2-4-11(10)7-12/h1-7,13H,8-9H2,(H,15,16). The summed E-state index contributed by atoms with van der Waals surface area (Å²) in [5.74, 6) is 0.789. The molecule has 0 bridgehead atoms. The zero-order valence-corrected chi connectivity index (χ0v) is 9.76. The topological polar surface area (TPSA) is 47.6 Å². The van der Waals surface area contributed by atoms with Gasteiger partial charge in [-0.15, -0.1) is 0 Å². The number of hydrogen-bond donors (Lipinski definition) is 1. The molecule has 1 unspecified atom stereocenters. The fraction of sp³-hybridized carbons (Fsp3) is 0.214. The average molecular weight is 243 g/mol. The maximum atomic E-state index is 10.9. The molecule has 1 aliphatic heterocycles. The molecule has 4 nitrogen and oxygen atoms in total. The lowest BCUT2D eigenvalue weighted by Gasteiger charge is -2.10. The van der Waals surface area contributed by atoms with E-state index < -0.39 is 0 Å². The SMILES string of the molecule is O=C1NCC(COc2ccc3ccccc3c2)O1. The molecule has 2 aromatic carbocycles. The number of ether oxygens (including phenoxy) is 2. The number of cyclic esters (lactones) is 1. The van der Waals surface area contributed by atoms with Crippen LogP contribution in [0.5, 0.6) is 5.75 Å². The van der Waals surface area contributed by atoms with Gasteiger partial charge in [0.25, 0.3) is 0 Å². The van der Waals surface area contributed by atoms with Crippen LogP contribution < -0.4 is 10.1 Å². The molecule has 1 aliphatic rings. The van der Waals surface area contributed by atoms with E-state index in [-0.39, 0.29) is 12.2 Å². The molecule has 1 fully saturated rings. The molecule has 0 spiro atoms. The summed E-state index contributed by atoms with van der Waals surface area (Å²) in [5, 5.41) is 4.91. The molecule has 1 heterocycles. The van der Waals surface area contributed by atoms with Gasteiger partial charge >= 0.3 is 6.09 Å². The average Bonchev–Trinajstić information content (AvgIpc) is 2.82. The van der Waals surface area contributed by atoms with Crippen molar-refractivity contribution in [2.24, 2.45) is 0 Å². The smallest absolute Gasteiger partial charge is 0.407 e. The van der Waals surface area contributed by atoms with E-state index in [2.05, 4.69) is 11.4 Å². The van der Waals surface area contributed by atoms with E-state index in [0.29, 0.717) is 13.2 Å². The summed E-state index contributed by atoms with van der Waals surface area (Å²) < 4.78 is 10.6. The van der Waals surface area contributed by atoms with E-state index in [0.717, 1.165) is 11.1 Å². The van der Waals surface area contributed by atoms with Crippen LogP contribution in [0.3, 0.4) is 0 Å². The van der Waals surface area contributed by atoms with E-state index >= 15 is 0 Å². The fourth-order valence-corrected chi connectivity index (χ4v) is 1.97. The first kappa shape index (κ1) is 10.9. The number of hydrogen-bond acceptors (Lipinski definition) is 3. The predicted molar refractivity (Wildman–Crippen MR) is 67.7 cm³/mol. The minimum Gasteiger partial charge on any atom is -0.490 e. The molecule has 2 aromatic rings. The second kappa shape index (κ2) is 4.56. The summed E-state index contributed by atoms with van der Waals surface area (Å²) in [7, 11) is 0. The van der Waals surface area contributed by atoms with Crippen LogP contribution in [0.15, 0.2) is 42.5 Å². The third-order valence-corrected chi connectivity index (χ3v) is 2.90. The van der Waals surface area contributed by atoms with Gasteiger partial charge < -0.3 is 14.8 Å². The monoisotopic (exact) mass is 243 g/mol. The normalized spacial score (nSPS) is 18.4. The lowest BCUT2D eigenvalue weighted by atomic mass is 10.1. The number of nitrogens with one attached hydrogen (secondary N) is 1. The number of amides is 1. The Morgan fingerprint density at radius 2 is 2.06 bits per heavy atom. The van der Waals surface area contributed by atoms with Crippen molar-refractivity contribution < 1.29 is 14.3 Å². The van der Waals surface area contributed by atoms with Crippen molar-refractivity contribution in [1.82, 2.24) is 5.32 Å². The van der Waals surface area contributed by atoms with Crippen LogP contribution in [0.1, 0.15) is 0 Å². The van der Waals surface area contributed by atoms with Crippen LogP contribution in [0, 0.1) is 0 Å². The molecule has 4 heteroatoms. The molecule has 1 saturated heterocycles. The number of carbonyl (C=O) groups excluding carboxylic acids is 1. The number of alkyl carbamates (subject to hydrolysis) is 1. The van der Waals surface area contributed by atoms with Gasteiger partial charge in [0.15, 0.2) is 6.10 Å². The van der Waals surface area contributed by atoms with E-state index in [1.165, 1.54) is 5.39 Å². The summed E-state index contributed by atoms with van der Waals surface area (Å²) >= 11 is 0. The van der Waals surface area contributed by atoms with Gasteiger partial charge in [-0.2, -0.15) is 0 Å². The maximum absolute atomic E-state index is 10.9. The van der Waals surface area contributed by atoms with Crippen molar-refractivity contribution in [3.8, 4) is 5.75 Å². The van der Waals surface area contributed by atoms with Gasteiger partial charge in [-0.3, -0.25) is 0 Å². The summed E-state index contributed by atoms with van der Waals surface area (Å²) in [6.45, 7) is 0.878. The van der Waals surface area contributed by atoms with Crippen LogP contribution in [-0.2, 0) is 4.74 Å². The molecular weight excluding hydrogens is 230 g/mol. The number of benzene rings is 2. The van der Waals surface area contributed by atoms with Crippen molar-refractivity contribution in [3.05, 3.63) is 42.5 Å². The lowest BCUT2D eigenvalue weighted by Crippen LogP contribution is -2.21. The largest absolute Gasteiger partial charge is 0.490 e. The Hall–Kier alpha value is -2.23. The Morgan fingerprint density at radius 3 is 2.83 bits per heavy atom. The molecule has 0 radical (unpaired) electrons. The van der Waals surface area contributed by atoms with Gasteiger partial charge in [-0.25, -0.2) is 4.79 Å². The van der Waals surface area contributed by atoms with Gasteiger partial charge in [-0.05, 0) is 22.9 Å². The van der Waals surface area contributed by atoms with Crippen molar-refractivity contribution in [1.29, 1.82) is 0 Å². The van der Waals surface area contributed by atoms with Gasteiger partial charge in [0.1, 0.15) is 12.4 Å². The Kier molecular flexibility index (Phi) is 2.76. The van der Waals surface area contributed by atoms with Gasteiger partial charge in [0, 0.05) is 0 Å². The summed E-state index contributed by atoms with van der Waals surface area (Å²) in [4.78, 5) is 10.9. The van der Waals surface area contributed by atoms with Crippen LogP contribution in [0.4, 0.5) is 4.79 Å². The zero-order chi connectivity index (χ0) is 12.4. The van der Waals surface area contributed by atoms with Gasteiger partial charge in [-0.1, -0.05) is 30.3 Å². The molecule has 1 N–H and O–H groups in total. The highest BCUT2D eigenvalue weighted by Crippen LogP contribution is 2.20. The minimum absolute atomic E-state index is 0.205. The molecule has 18 heavy (non-hydrogen) atoms. The van der Waals surface area contributed by atoms with Crippen LogP contribution in [-0.4, -0.2) is 25.3 Å². The molecule has 0 aliphatic carbocycles. The first-order valence-corrected chi connectivity index (χ1v) is 5.87. The predicted octanol–water partition coefficient (Wildman–Crippen LogP) is 2.33. The van der Waals surface area contributed by atoms with Crippen LogP contribution in [0.25, 0.3) is 10.8 Å². The second-order valence-electron chi connectivity index (χ2n) is 4.23. The summed E-state index contributed by atoms with van der Waals surface area (Å²) in [5.41, 5.74) is 0. The van der Waals surface area contributed by atoms with Gasteiger partial charge in [0.2, 0.25) is 0 Å². The Morgan fingerprint density at radius 1 is 1.22 bits per heavy atom. The van der Waals surface area contributed by atoms with Crippen molar-refractivity contribution >= 4 is 16.9 Å². The third kappa shape index (κ3) is 2.22. The quantitative estimate of drug-likeness (QED) is 0.900. The molecule has 3 rings (SSSR count). The highest BCUT2D eigenvalue weighted by atomic mass is 16.6. The molecule has 1 atom stereocenters. The highest BCUT2D eigenvalue weighted by Gasteiger charge is 2.22. The zero-order valence-electron chi connectivity index (χ0n) is 9.76. The third-order valence-electron chi connectivity index (χ3n) is 2.90. The summed E-state index contributed by atoms with van der Waals surface area (Å²) in [6.07, 6.45) is -0.578. The first-order chi connectivity index (χ1) is 8.81. The lowest BCUT2D eigenvalue weighted by molar-refractivity contribution is 0.105.